The summed E-state index contributed by atoms with van der Waals surface area (Å²) < 4.78 is 5.72. The molecule has 33 heavy (non-hydrogen) atoms. The number of amides is 2. The maximum Gasteiger partial charge on any atom is 0.252 e. The van der Waals surface area contributed by atoms with Crippen molar-refractivity contribution >= 4 is 22.6 Å². The molecule has 8 heteroatoms. The van der Waals surface area contributed by atoms with Gasteiger partial charge in [0.05, 0.1) is 17.9 Å². The standard InChI is InChI=1S/C25H31N5O3/c1-25(11-5-13-33-25)24(32)30-20(6-3-2-4-7-22(26)31)23-28-16-21(29-23)18-9-8-17-10-12-27-15-19(17)14-18/h8-10,12,14-16,20H,2-7,11,13H2,1H3,(H2,26,31)(H,28,29)(H,30,32). The van der Waals surface area contributed by atoms with Gasteiger partial charge in [-0.05, 0) is 50.1 Å². The molecule has 1 saturated heterocycles. The fraction of sp³-hybridized carbons (Fsp3) is 0.440. The smallest absolute Gasteiger partial charge is 0.252 e. The largest absolute Gasteiger partial charge is 0.370 e. The summed E-state index contributed by atoms with van der Waals surface area (Å²) in [6, 6.07) is 7.88. The van der Waals surface area contributed by atoms with Gasteiger partial charge in [0.15, 0.2) is 0 Å². The second kappa shape index (κ2) is 10.1. The van der Waals surface area contributed by atoms with Crippen molar-refractivity contribution in [2.24, 2.45) is 5.73 Å². The minimum atomic E-state index is -0.801. The molecule has 4 rings (SSSR count). The number of nitrogens with two attached hydrogens (primary N) is 1. The summed E-state index contributed by atoms with van der Waals surface area (Å²) in [6.07, 6.45) is 10.5. The first-order chi connectivity index (χ1) is 15.9. The van der Waals surface area contributed by atoms with Crippen LogP contribution in [0.5, 0.6) is 0 Å². The lowest BCUT2D eigenvalue weighted by Gasteiger charge is -2.25. The molecule has 2 aromatic heterocycles. The van der Waals surface area contributed by atoms with Crippen molar-refractivity contribution in [3.63, 3.8) is 0 Å². The summed E-state index contributed by atoms with van der Waals surface area (Å²) in [5, 5.41) is 5.33. The molecule has 4 N–H and O–H groups in total. The lowest BCUT2D eigenvalue weighted by Crippen LogP contribution is -2.45. The van der Waals surface area contributed by atoms with Crippen molar-refractivity contribution < 1.29 is 14.3 Å². The zero-order valence-corrected chi connectivity index (χ0v) is 19.0. The minimum Gasteiger partial charge on any atom is -0.370 e. The molecule has 0 spiro atoms. The van der Waals surface area contributed by atoms with Gasteiger partial charge in [-0.2, -0.15) is 0 Å². The Labute approximate surface area is 193 Å². The normalized spacial score (nSPS) is 18.9. The maximum absolute atomic E-state index is 13.0. The molecule has 2 amide bonds. The third kappa shape index (κ3) is 5.57. The Balaban J connectivity index is 1.50. The molecule has 0 bridgehead atoms. The summed E-state index contributed by atoms with van der Waals surface area (Å²) in [5.41, 5.74) is 6.33. The fourth-order valence-corrected chi connectivity index (χ4v) is 4.28. The van der Waals surface area contributed by atoms with Crippen LogP contribution in [0.25, 0.3) is 22.0 Å². The highest BCUT2D eigenvalue weighted by Gasteiger charge is 2.39. The number of benzene rings is 1. The number of unbranched alkanes of at least 4 members (excludes halogenated alkanes) is 2. The molecule has 174 valence electrons. The van der Waals surface area contributed by atoms with Gasteiger partial charge < -0.3 is 20.8 Å². The molecule has 1 aliphatic rings. The number of fused-ring (bicyclic) bond motifs is 1. The van der Waals surface area contributed by atoms with Gasteiger partial charge in [-0.25, -0.2) is 4.98 Å². The van der Waals surface area contributed by atoms with Crippen molar-refractivity contribution in [1.29, 1.82) is 0 Å². The molecule has 3 heterocycles. The van der Waals surface area contributed by atoms with Crippen molar-refractivity contribution in [3.05, 3.63) is 48.7 Å². The molecule has 0 saturated carbocycles. The van der Waals surface area contributed by atoms with Gasteiger partial charge in [-0.1, -0.05) is 25.0 Å². The van der Waals surface area contributed by atoms with E-state index in [2.05, 4.69) is 32.4 Å². The van der Waals surface area contributed by atoms with Crippen LogP contribution in [-0.4, -0.2) is 39.0 Å². The molecular formula is C25H31N5O3. The first-order valence-corrected chi connectivity index (χ1v) is 11.6. The lowest BCUT2D eigenvalue weighted by atomic mass is 10.00. The van der Waals surface area contributed by atoms with E-state index >= 15 is 0 Å². The zero-order chi connectivity index (χ0) is 23.3. The average Bonchev–Trinajstić information content (AvgIpc) is 3.48. The third-order valence-electron chi connectivity index (χ3n) is 6.30. The first-order valence-electron chi connectivity index (χ1n) is 11.6. The molecule has 1 aliphatic heterocycles. The van der Waals surface area contributed by atoms with Gasteiger partial charge in [-0.15, -0.1) is 0 Å². The number of primary amides is 1. The minimum absolute atomic E-state index is 0.114. The van der Waals surface area contributed by atoms with E-state index in [1.807, 2.05) is 25.3 Å². The molecule has 0 radical (unpaired) electrons. The Bertz CT molecular complexity index is 1120. The predicted octanol–water partition coefficient (Wildman–Crippen LogP) is 3.79. The summed E-state index contributed by atoms with van der Waals surface area (Å²) in [7, 11) is 0. The van der Waals surface area contributed by atoms with Crippen LogP contribution in [0.2, 0.25) is 0 Å². The van der Waals surface area contributed by atoms with E-state index < -0.39 is 5.60 Å². The van der Waals surface area contributed by atoms with Crippen molar-refractivity contribution in [2.75, 3.05) is 6.61 Å². The van der Waals surface area contributed by atoms with Crippen LogP contribution in [0.3, 0.4) is 0 Å². The van der Waals surface area contributed by atoms with Gasteiger partial charge in [-0.3, -0.25) is 14.6 Å². The second-order valence-electron chi connectivity index (χ2n) is 8.89. The highest BCUT2D eigenvalue weighted by Crippen LogP contribution is 2.29. The number of ether oxygens (including phenoxy) is 1. The number of H-pyrrole nitrogens is 1. The zero-order valence-electron chi connectivity index (χ0n) is 19.0. The molecular weight excluding hydrogens is 418 g/mol. The summed E-state index contributed by atoms with van der Waals surface area (Å²) in [6.45, 7) is 2.44. The Kier molecular flexibility index (Phi) is 7.03. The van der Waals surface area contributed by atoms with E-state index in [4.69, 9.17) is 10.5 Å². The number of hydrogen-bond donors (Lipinski definition) is 3. The van der Waals surface area contributed by atoms with Crippen LogP contribution in [0.15, 0.2) is 42.9 Å². The van der Waals surface area contributed by atoms with E-state index in [9.17, 15) is 9.59 Å². The number of carbonyl (C=O) groups excluding carboxylic acids is 2. The SMILES string of the molecule is CC1(C(=O)NC(CCCCCC(N)=O)c2ncc(-c3ccc4ccncc4c3)[nH]2)CCCO1. The molecule has 1 aromatic carbocycles. The van der Waals surface area contributed by atoms with E-state index in [0.29, 0.717) is 31.7 Å². The maximum atomic E-state index is 13.0. The average molecular weight is 450 g/mol. The fourth-order valence-electron chi connectivity index (χ4n) is 4.28. The van der Waals surface area contributed by atoms with E-state index in [0.717, 1.165) is 47.7 Å². The topological polar surface area (TPSA) is 123 Å². The lowest BCUT2D eigenvalue weighted by molar-refractivity contribution is -0.140. The van der Waals surface area contributed by atoms with E-state index in [1.165, 1.54) is 0 Å². The molecule has 2 unspecified atom stereocenters. The van der Waals surface area contributed by atoms with Gasteiger partial charge in [0.2, 0.25) is 5.91 Å². The number of aromatic amines is 1. The molecule has 2 atom stereocenters. The van der Waals surface area contributed by atoms with Crippen molar-refractivity contribution in [2.45, 2.75) is 63.5 Å². The quantitative estimate of drug-likeness (QED) is 0.406. The second-order valence-corrected chi connectivity index (χ2v) is 8.89. The Morgan fingerprint density at radius 3 is 2.88 bits per heavy atom. The first kappa shape index (κ1) is 22.9. The Hall–Kier alpha value is -3.26. The number of hydrogen-bond acceptors (Lipinski definition) is 5. The molecule has 3 aromatic rings. The number of imidazole rings is 1. The van der Waals surface area contributed by atoms with Gasteiger partial charge in [0, 0.05) is 36.4 Å². The number of nitrogens with one attached hydrogen (secondary N) is 2. The number of aromatic nitrogens is 3. The van der Waals surface area contributed by atoms with Gasteiger partial charge in [0.25, 0.3) is 5.91 Å². The Morgan fingerprint density at radius 1 is 1.21 bits per heavy atom. The number of rotatable bonds is 10. The number of pyridine rings is 1. The van der Waals surface area contributed by atoms with Crippen LogP contribution in [-0.2, 0) is 14.3 Å². The third-order valence-corrected chi connectivity index (χ3v) is 6.30. The molecule has 1 fully saturated rings. The van der Waals surface area contributed by atoms with Crippen LogP contribution < -0.4 is 11.1 Å². The molecule has 0 aliphatic carbocycles. The highest BCUT2D eigenvalue weighted by atomic mass is 16.5. The van der Waals surface area contributed by atoms with Crippen LogP contribution in [0.1, 0.15) is 63.7 Å². The van der Waals surface area contributed by atoms with E-state index in [1.54, 1.807) is 12.4 Å². The van der Waals surface area contributed by atoms with Crippen LogP contribution in [0, 0.1) is 0 Å². The number of nitrogens with zero attached hydrogens (tertiary/aromatic N) is 2. The van der Waals surface area contributed by atoms with E-state index in [-0.39, 0.29) is 17.9 Å². The summed E-state index contributed by atoms with van der Waals surface area (Å²) in [4.78, 5) is 36.2. The van der Waals surface area contributed by atoms with Crippen molar-refractivity contribution in [1.82, 2.24) is 20.3 Å². The van der Waals surface area contributed by atoms with Gasteiger partial charge in [0.1, 0.15) is 11.4 Å². The monoisotopic (exact) mass is 449 g/mol. The highest BCUT2D eigenvalue weighted by molar-refractivity contribution is 5.86. The molecule has 8 nitrogen and oxygen atoms in total. The summed E-state index contributed by atoms with van der Waals surface area (Å²) >= 11 is 0. The van der Waals surface area contributed by atoms with Gasteiger partial charge >= 0.3 is 0 Å². The predicted molar refractivity (Wildman–Crippen MR) is 126 cm³/mol. The van der Waals surface area contributed by atoms with Crippen molar-refractivity contribution in [3.8, 4) is 11.3 Å². The van der Waals surface area contributed by atoms with Crippen LogP contribution >= 0.6 is 0 Å². The van der Waals surface area contributed by atoms with Crippen LogP contribution in [0.4, 0.5) is 0 Å². The summed E-state index contributed by atoms with van der Waals surface area (Å²) in [5.74, 6) is 0.311. The Morgan fingerprint density at radius 2 is 2.09 bits per heavy atom. The number of carbonyl (C=O) groups is 2.